The smallest absolute Gasteiger partial charge is 0.260 e. The van der Waals surface area contributed by atoms with Crippen LogP contribution in [-0.4, -0.2) is 53.0 Å². The fourth-order valence-electron chi connectivity index (χ4n) is 4.60. The second kappa shape index (κ2) is 15.3. The van der Waals surface area contributed by atoms with Gasteiger partial charge in [-0.3, -0.25) is 9.59 Å². The van der Waals surface area contributed by atoms with Crippen LogP contribution in [0.25, 0.3) is 0 Å². The van der Waals surface area contributed by atoms with E-state index in [1.165, 1.54) is 0 Å². The SMILES string of the molecule is CCCCN(CC(=O)N(Cc1ccccc1)Cc1cccn1Cc1cccc(OC)c1)C(=O)COc1ccccc1. The van der Waals surface area contributed by atoms with Crippen LogP contribution in [0.2, 0.25) is 0 Å². The number of methoxy groups -OCH3 is 1. The standard InChI is InChI=1S/C34H39N3O4/c1-3-4-20-36(34(39)27-41-31-17-9-6-10-18-31)26-33(38)37(23-28-13-7-5-8-14-28)25-30-16-12-21-35(30)24-29-15-11-19-32(22-29)40-2/h5-19,21-22H,3-4,20,23-27H2,1-2H3. The van der Waals surface area contributed by atoms with E-state index in [4.69, 9.17) is 9.47 Å². The van der Waals surface area contributed by atoms with E-state index in [-0.39, 0.29) is 25.0 Å². The molecular formula is C34H39N3O4. The van der Waals surface area contributed by atoms with Crippen molar-refractivity contribution in [3.05, 3.63) is 120 Å². The number of carbonyl (C=O) groups excluding carboxylic acids is 2. The van der Waals surface area contributed by atoms with Gasteiger partial charge in [0.2, 0.25) is 5.91 Å². The van der Waals surface area contributed by atoms with E-state index in [0.29, 0.717) is 31.9 Å². The number of para-hydroxylation sites is 1. The molecule has 4 aromatic rings. The van der Waals surface area contributed by atoms with E-state index >= 15 is 0 Å². The Morgan fingerprint density at radius 1 is 0.756 bits per heavy atom. The van der Waals surface area contributed by atoms with Gasteiger partial charge in [0.15, 0.2) is 6.61 Å². The van der Waals surface area contributed by atoms with Gasteiger partial charge in [0.1, 0.15) is 11.5 Å². The molecule has 214 valence electrons. The molecule has 0 aliphatic rings. The van der Waals surface area contributed by atoms with Gasteiger partial charge in [-0.05, 0) is 53.9 Å². The Hall–Kier alpha value is -4.52. The quantitative estimate of drug-likeness (QED) is 0.187. The van der Waals surface area contributed by atoms with Gasteiger partial charge in [-0.1, -0.05) is 74.0 Å². The third-order valence-electron chi connectivity index (χ3n) is 6.90. The summed E-state index contributed by atoms with van der Waals surface area (Å²) in [7, 11) is 1.66. The molecule has 0 unspecified atom stereocenters. The first-order valence-corrected chi connectivity index (χ1v) is 14.1. The van der Waals surface area contributed by atoms with E-state index < -0.39 is 0 Å². The fourth-order valence-corrected chi connectivity index (χ4v) is 4.60. The number of hydrogen-bond acceptors (Lipinski definition) is 4. The first-order chi connectivity index (χ1) is 20.1. The summed E-state index contributed by atoms with van der Waals surface area (Å²) in [4.78, 5) is 30.5. The van der Waals surface area contributed by atoms with Crippen molar-refractivity contribution in [3.63, 3.8) is 0 Å². The number of rotatable bonds is 15. The van der Waals surface area contributed by atoms with Gasteiger partial charge in [0, 0.05) is 31.5 Å². The molecule has 0 aliphatic heterocycles. The van der Waals surface area contributed by atoms with Crippen LogP contribution in [0.1, 0.15) is 36.6 Å². The lowest BCUT2D eigenvalue weighted by Crippen LogP contribution is -2.44. The molecule has 3 aromatic carbocycles. The van der Waals surface area contributed by atoms with Gasteiger partial charge in [0.05, 0.1) is 20.2 Å². The number of carbonyl (C=O) groups is 2. The molecule has 0 radical (unpaired) electrons. The van der Waals surface area contributed by atoms with Crippen LogP contribution in [0.3, 0.4) is 0 Å². The van der Waals surface area contributed by atoms with E-state index in [9.17, 15) is 9.59 Å². The van der Waals surface area contributed by atoms with Crippen molar-refractivity contribution in [2.24, 2.45) is 0 Å². The monoisotopic (exact) mass is 553 g/mol. The molecule has 0 atom stereocenters. The lowest BCUT2D eigenvalue weighted by Gasteiger charge is -2.28. The number of aromatic nitrogens is 1. The van der Waals surface area contributed by atoms with Crippen molar-refractivity contribution in [3.8, 4) is 11.5 Å². The number of amides is 2. The molecule has 0 fully saturated rings. The van der Waals surface area contributed by atoms with Crippen molar-refractivity contribution < 1.29 is 19.1 Å². The minimum absolute atomic E-state index is 0.000406. The van der Waals surface area contributed by atoms with Gasteiger partial charge in [0.25, 0.3) is 5.91 Å². The lowest BCUT2D eigenvalue weighted by molar-refractivity contribution is -0.142. The number of hydrogen-bond donors (Lipinski definition) is 0. The summed E-state index contributed by atoms with van der Waals surface area (Å²) in [6, 6.07) is 31.2. The number of ether oxygens (including phenoxy) is 2. The molecule has 1 aromatic heterocycles. The Bertz CT molecular complexity index is 1370. The summed E-state index contributed by atoms with van der Waals surface area (Å²) in [5.41, 5.74) is 3.15. The van der Waals surface area contributed by atoms with Crippen molar-refractivity contribution in [2.45, 2.75) is 39.4 Å². The Morgan fingerprint density at radius 3 is 2.20 bits per heavy atom. The zero-order valence-electron chi connectivity index (χ0n) is 23.9. The molecule has 0 spiro atoms. The van der Waals surface area contributed by atoms with Crippen molar-refractivity contribution >= 4 is 11.8 Å². The number of unbranched alkanes of at least 4 members (excludes halogenated alkanes) is 1. The van der Waals surface area contributed by atoms with Crippen LogP contribution >= 0.6 is 0 Å². The highest BCUT2D eigenvalue weighted by atomic mass is 16.5. The van der Waals surface area contributed by atoms with E-state index in [1.54, 1.807) is 12.0 Å². The van der Waals surface area contributed by atoms with Crippen LogP contribution in [0.5, 0.6) is 11.5 Å². The molecule has 7 nitrogen and oxygen atoms in total. The van der Waals surface area contributed by atoms with Gasteiger partial charge in [-0.15, -0.1) is 0 Å². The van der Waals surface area contributed by atoms with Crippen LogP contribution in [-0.2, 0) is 29.2 Å². The number of nitrogens with zero attached hydrogens (tertiary/aromatic N) is 3. The highest BCUT2D eigenvalue weighted by molar-refractivity contribution is 5.85. The third kappa shape index (κ3) is 9.00. The van der Waals surface area contributed by atoms with E-state index in [2.05, 4.69) is 17.6 Å². The van der Waals surface area contributed by atoms with Crippen LogP contribution in [0.15, 0.2) is 103 Å². The minimum Gasteiger partial charge on any atom is -0.497 e. The molecule has 0 N–H and O–H groups in total. The summed E-state index contributed by atoms with van der Waals surface area (Å²) in [6.07, 6.45) is 3.76. The molecule has 7 heteroatoms. The van der Waals surface area contributed by atoms with Crippen LogP contribution < -0.4 is 9.47 Å². The Kier molecular flexibility index (Phi) is 11.0. The predicted molar refractivity (Wildman–Crippen MR) is 161 cm³/mol. The zero-order valence-corrected chi connectivity index (χ0v) is 23.9. The molecule has 2 amide bonds. The fraction of sp³-hybridized carbons (Fsp3) is 0.294. The Morgan fingerprint density at radius 2 is 1.46 bits per heavy atom. The molecule has 0 saturated heterocycles. The maximum atomic E-state index is 13.8. The van der Waals surface area contributed by atoms with Crippen molar-refractivity contribution in [2.75, 3.05) is 26.8 Å². The van der Waals surface area contributed by atoms with E-state index in [1.807, 2.05) is 102 Å². The molecular weight excluding hydrogens is 514 g/mol. The molecule has 0 aliphatic carbocycles. The first kappa shape index (κ1) is 29.5. The molecule has 0 bridgehead atoms. The molecule has 4 rings (SSSR count). The lowest BCUT2D eigenvalue weighted by atomic mass is 10.2. The van der Waals surface area contributed by atoms with Crippen LogP contribution in [0.4, 0.5) is 0 Å². The minimum atomic E-state index is -0.197. The maximum absolute atomic E-state index is 13.8. The second-order valence-electron chi connectivity index (χ2n) is 9.98. The summed E-state index contributed by atoms with van der Waals surface area (Å²) in [5.74, 6) is 1.14. The van der Waals surface area contributed by atoms with Gasteiger partial charge in [-0.25, -0.2) is 0 Å². The Balaban J connectivity index is 1.50. The molecule has 1 heterocycles. The largest absolute Gasteiger partial charge is 0.497 e. The second-order valence-corrected chi connectivity index (χ2v) is 9.98. The van der Waals surface area contributed by atoms with Gasteiger partial charge < -0.3 is 23.8 Å². The zero-order chi connectivity index (χ0) is 28.9. The number of benzene rings is 3. The molecule has 41 heavy (non-hydrogen) atoms. The van der Waals surface area contributed by atoms with Crippen LogP contribution in [0, 0.1) is 0 Å². The van der Waals surface area contributed by atoms with Crippen molar-refractivity contribution in [1.29, 1.82) is 0 Å². The normalized spacial score (nSPS) is 10.7. The summed E-state index contributed by atoms with van der Waals surface area (Å²) in [6.45, 7) is 3.99. The van der Waals surface area contributed by atoms with Gasteiger partial charge >= 0.3 is 0 Å². The predicted octanol–water partition coefficient (Wildman–Crippen LogP) is 5.78. The first-order valence-electron chi connectivity index (χ1n) is 14.1. The topological polar surface area (TPSA) is 64.0 Å². The summed E-state index contributed by atoms with van der Waals surface area (Å²) < 4.78 is 13.2. The van der Waals surface area contributed by atoms with E-state index in [0.717, 1.165) is 35.4 Å². The summed E-state index contributed by atoms with van der Waals surface area (Å²) >= 11 is 0. The maximum Gasteiger partial charge on any atom is 0.260 e. The van der Waals surface area contributed by atoms with Crippen molar-refractivity contribution in [1.82, 2.24) is 14.4 Å². The summed E-state index contributed by atoms with van der Waals surface area (Å²) in [5, 5.41) is 0. The highest BCUT2D eigenvalue weighted by Crippen LogP contribution is 2.17. The average molecular weight is 554 g/mol. The third-order valence-corrected chi connectivity index (χ3v) is 6.90. The van der Waals surface area contributed by atoms with Gasteiger partial charge in [-0.2, -0.15) is 0 Å². The average Bonchev–Trinajstić information content (AvgIpc) is 3.44. The molecule has 0 saturated carbocycles. The Labute approximate surface area is 242 Å². The highest BCUT2D eigenvalue weighted by Gasteiger charge is 2.23.